The molecule has 7 heteroatoms. The summed E-state index contributed by atoms with van der Waals surface area (Å²) >= 11 is 0. The minimum absolute atomic E-state index is 0.520. The highest BCUT2D eigenvalue weighted by molar-refractivity contribution is 5.46. The van der Waals surface area contributed by atoms with Crippen LogP contribution in [0.1, 0.15) is 6.92 Å². The van der Waals surface area contributed by atoms with Crippen molar-refractivity contribution in [2.45, 2.75) is 13.0 Å². The Labute approximate surface area is 104 Å². The summed E-state index contributed by atoms with van der Waals surface area (Å²) in [5.41, 5.74) is 0.687. The molecule has 2 aliphatic rings. The smallest absolute Gasteiger partial charge is 0.200 e. The van der Waals surface area contributed by atoms with Gasteiger partial charge in [0.05, 0.1) is 0 Å². The number of fused-ring (bicyclic) bond motifs is 2. The average Bonchev–Trinajstić information content (AvgIpc) is 3.06. The van der Waals surface area contributed by atoms with Crippen LogP contribution in [-0.2, 0) is 0 Å². The summed E-state index contributed by atoms with van der Waals surface area (Å²) in [5, 5.41) is 19.3. The molecule has 4 rings (SSSR count). The Balaban J connectivity index is 1.70. The molecule has 94 valence electrons. The molecule has 3 unspecified atom stereocenters. The lowest BCUT2D eigenvalue weighted by Crippen LogP contribution is -2.34. The van der Waals surface area contributed by atoms with Gasteiger partial charge in [-0.25, -0.2) is 0 Å². The highest BCUT2D eigenvalue weighted by Gasteiger charge is 2.42. The molecule has 18 heavy (non-hydrogen) atoms. The molecule has 7 nitrogen and oxygen atoms in total. The van der Waals surface area contributed by atoms with Crippen molar-refractivity contribution < 1.29 is 0 Å². The van der Waals surface area contributed by atoms with Crippen LogP contribution in [0.15, 0.2) is 12.1 Å². The van der Waals surface area contributed by atoms with Crippen LogP contribution < -0.4 is 10.2 Å². The van der Waals surface area contributed by atoms with Gasteiger partial charge in [0.25, 0.3) is 0 Å². The average molecular weight is 245 g/mol. The molecule has 2 aliphatic heterocycles. The lowest BCUT2D eigenvalue weighted by atomic mass is 9.95. The van der Waals surface area contributed by atoms with Crippen molar-refractivity contribution in [2.75, 3.05) is 24.5 Å². The van der Waals surface area contributed by atoms with E-state index in [-0.39, 0.29) is 0 Å². The molecule has 0 radical (unpaired) electrons. The number of aromatic nitrogens is 5. The summed E-state index contributed by atoms with van der Waals surface area (Å²) in [6.45, 7) is 5.59. The monoisotopic (exact) mass is 245 g/mol. The molecular weight excluding hydrogens is 230 g/mol. The quantitative estimate of drug-likeness (QED) is 0.734. The van der Waals surface area contributed by atoms with Crippen LogP contribution in [0.5, 0.6) is 0 Å². The second-order valence-electron chi connectivity index (χ2n) is 5.19. The van der Waals surface area contributed by atoms with Gasteiger partial charge in [0, 0.05) is 25.7 Å². The van der Waals surface area contributed by atoms with Gasteiger partial charge in [-0.2, -0.15) is 0 Å². The molecule has 0 aliphatic carbocycles. The Kier molecular flexibility index (Phi) is 2.05. The third-order valence-corrected chi connectivity index (χ3v) is 4.28. The Morgan fingerprint density at radius 2 is 2.28 bits per heavy atom. The van der Waals surface area contributed by atoms with Crippen LogP contribution in [0.3, 0.4) is 0 Å². The van der Waals surface area contributed by atoms with Crippen molar-refractivity contribution in [1.29, 1.82) is 0 Å². The molecule has 0 spiro atoms. The van der Waals surface area contributed by atoms with Crippen molar-refractivity contribution in [1.82, 2.24) is 30.6 Å². The Morgan fingerprint density at radius 1 is 1.33 bits per heavy atom. The lowest BCUT2D eigenvalue weighted by Gasteiger charge is -2.25. The molecular formula is C11H15N7. The van der Waals surface area contributed by atoms with Gasteiger partial charge in [0.2, 0.25) is 0 Å². The van der Waals surface area contributed by atoms with Crippen LogP contribution >= 0.6 is 0 Å². The molecule has 0 amide bonds. The normalized spacial score (nSPS) is 31.2. The van der Waals surface area contributed by atoms with Gasteiger partial charge in [-0.3, -0.25) is 0 Å². The first-order valence-electron chi connectivity index (χ1n) is 6.36. The van der Waals surface area contributed by atoms with E-state index in [9.17, 15) is 0 Å². The summed E-state index contributed by atoms with van der Waals surface area (Å²) in [7, 11) is 0. The Morgan fingerprint density at radius 3 is 3.17 bits per heavy atom. The summed E-state index contributed by atoms with van der Waals surface area (Å²) in [4.78, 5) is 2.37. The highest BCUT2D eigenvalue weighted by atomic mass is 15.6. The van der Waals surface area contributed by atoms with E-state index in [2.05, 4.69) is 37.8 Å². The van der Waals surface area contributed by atoms with Gasteiger partial charge in [-0.1, -0.05) is 0 Å². The van der Waals surface area contributed by atoms with Crippen LogP contribution in [-0.4, -0.2) is 50.9 Å². The molecule has 2 aromatic heterocycles. The maximum absolute atomic E-state index is 4.48. The molecule has 2 fully saturated rings. The Bertz CT molecular complexity index is 580. The molecule has 2 aromatic rings. The van der Waals surface area contributed by atoms with Crippen molar-refractivity contribution in [3.8, 4) is 0 Å². The molecule has 0 aromatic carbocycles. The number of tetrazole rings is 1. The largest absolute Gasteiger partial charge is 0.352 e. The van der Waals surface area contributed by atoms with Crippen LogP contribution in [0.4, 0.5) is 5.82 Å². The van der Waals surface area contributed by atoms with Crippen LogP contribution in [0, 0.1) is 11.8 Å². The Hall–Kier alpha value is -1.76. The first-order valence-corrected chi connectivity index (χ1v) is 6.36. The third kappa shape index (κ3) is 1.34. The first-order chi connectivity index (χ1) is 8.83. The van der Waals surface area contributed by atoms with Crippen molar-refractivity contribution in [3.63, 3.8) is 0 Å². The predicted molar refractivity (Wildman–Crippen MR) is 65.2 cm³/mol. The van der Waals surface area contributed by atoms with Gasteiger partial charge in [0.15, 0.2) is 11.5 Å². The number of nitrogens with zero attached hydrogens (tertiary/aromatic N) is 6. The SMILES string of the molecule is CC1C2CNCC2CN1c1ccc2nnnn2n1. The zero-order chi connectivity index (χ0) is 12.1. The maximum atomic E-state index is 4.48. The summed E-state index contributed by atoms with van der Waals surface area (Å²) in [6.07, 6.45) is 0. The fraction of sp³-hybridized carbons (Fsp3) is 0.636. The molecule has 0 saturated carbocycles. The lowest BCUT2D eigenvalue weighted by molar-refractivity contribution is 0.471. The van der Waals surface area contributed by atoms with E-state index >= 15 is 0 Å². The van der Waals surface area contributed by atoms with E-state index in [0.29, 0.717) is 11.7 Å². The maximum Gasteiger partial charge on any atom is 0.200 e. The van der Waals surface area contributed by atoms with Crippen molar-refractivity contribution in [3.05, 3.63) is 12.1 Å². The van der Waals surface area contributed by atoms with E-state index in [1.54, 1.807) is 0 Å². The molecule has 0 bridgehead atoms. The van der Waals surface area contributed by atoms with Gasteiger partial charge < -0.3 is 10.2 Å². The second-order valence-corrected chi connectivity index (χ2v) is 5.19. The number of hydrogen-bond acceptors (Lipinski definition) is 6. The topological polar surface area (TPSA) is 71.2 Å². The van der Waals surface area contributed by atoms with Gasteiger partial charge in [0.1, 0.15) is 0 Å². The summed E-state index contributed by atoms with van der Waals surface area (Å²) < 4.78 is 1.49. The number of hydrogen-bond donors (Lipinski definition) is 1. The van der Waals surface area contributed by atoms with E-state index in [4.69, 9.17) is 0 Å². The number of rotatable bonds is 1. The van der Waals surface area contributed by atoms with E-state index in [0.717, 1.165) is 37.3 Å². The van der Waals surface area contributed by atoms with E-state index in [1.807, 2.05) is 12.1 Å². The predicted octanol–water partition coefficient (Wildman–Crippen LogP) is -0.437. The van der Waals surface area contributed by atoms with E-state index < -0.39 is 0 Å². The van der Waals surface area contributed by atoms with Crippen LogP contribution in [0.2, 0.25) is 0 Å². The fourth-order valence-electron chi connectivity index (χ4n) is 3.26. The minimum Gasteiger partial charge on any atom is -0.352 e. The standard InChI is InChI=1S/C11H15N7/c1-7-9-5-12-4-8(9)6-17(7)11-3-2-10-13-15-16-18(10)14-11/h2-3,7-9,12H,4-6H2,1H3. The van der Waals surface area contributed by atoms with Gasteiger partial charge in [-0.05, 0) is 41.3 Å². The van der Waals surface area contributed by atoms with Crippen molar-refractivity contribution >= 4 is 11.5 Å². The first kappa shape index (κ1) is 10.2. The van der Waals surface area contributed by atoms with Crippen LogP contribution in [0.25, 0.3) is 5.65 Å². The summed E-state index contributed by atoms with van der Waals surface area (Å²) in [6, 6.07) is 4.45. The van der Waals surface area contributed by atoms with Crippen molar-refractivity contribution in [2.24, 2.45) is 11.8 Å². The third-order valence-electron chi connectivity index (χ3n) is 4.28. The van der Waals surface area contributed by atoms with Gasteiger partial charge >= 0.3 is 0 Å². The molecule has 4 heterocycles. The fourth-order valence-corrected chi connectivity index (χ4v) is 3.26. The molecule has 1 N–H and O–H groups in total. The molecule has 2 saturated heterocycles. The summed E-state index contributed by atoms with van der Waals surface area (Å²) in [5.74, 6) is 2.44. The second kappa shape index (κ2) is 3.61. The number of anilines is 1. The van der Waals surface area contributed by atoms with E-state index in [1.165, 1.54) is 4.63 Å². The highest BCUT2D eigenvalue weighted by Crippen LogP contribution is 2.34. The number of nitrogens with one attached hydrogen (secondary N) is 1. The zero-order valence-electron chi connectivity index (χ0n) is 10.2. The van der Waals surface area contributed by atoms with Gasteiger partial charge in [-0.15, -0.1) is 14.8 Å². The molecule has 3 atom stereocenters. The minimum atomic E-state index is 0.520. The zero-order valence-corrected chi connectivity index (χ0v) is 10.2.